The van der Waals surface area contributed by atoms with Crippen molar-refractivity contribution in [3.8, 4) is 0 Å². The van der Waals surface area contributed by atoms with Crippen LogP contribution in [0.4, 0.5) is 0 Å². The van der Waals surface area contributed by atoms with Crippen LogP contribution in [0.3, 0.4) is 0 Å². The first-order valence-electron chi connectivity index (χ1n) is 5.90. The van der Waals surface area contributed by atoms with Gasteiger partial charge in [0.25, 0.3) is 5.91 Å². The number of carbonyl (C=O) groups excluding carboxylic acids is 1. The van der Waals surface area contributed by atoms with Gasteiger partial charge in [0, 0.05) is 24.0 Å². The van der Waals surface area contributed by atoms with Gasteiger partial charge in [0.15, 0.2) is 0 Å². The monoisotopic (exact) mass is 253 g/mol. The van der Waals surface area contributed by atoms with E-state index in [1.165, 1.54) is 11.3 Å². The van der Waals surface area contributed by atoms with Gasteiger partial charge in [-0.05, 0) is 26.2 Å². The fourth-order valence-electron chi connectivity index (χ4n) is 2.59. The molecule has 1 amide bonds. The maximum Gasteiger partial charge on any atom is 0.273 e. The van der Waals surface area contributed by atoms with Gasteiger partial charge in [0.05, 0.1) is 0 Å². The second-order valence-electron chi connectivity index (χ2n) is 5.37. The van der Waals surface area contributed by atoms with E-state index in [4.69, 9.17) is 5.73 Å². The molecule has 0 bridgehead atoms. The van der Waals surface area contributed by atoms with Crippen LogP contribution in [0.25, 0.3) is 0 Å². The molecule has 0 aromatic carbocycles. The highest BCUT2D eigenvalue weighted by Gasteiger charge is 2.40. The first-order chi connectivity index (χ1) is 7.94. The molecule has 2 N–H and O–H groups in total. The summed E-state index contributed by atoms with van der Waals surface area (Å²) in [5.41, 5.74) is 5.99. The topological polar surface area (TPSA) is 59.2 Å². The number of aromatic nitrogens is 1. The van der Waals surface area contributed by atoms with Crippen molar-refractivity contribution in [2.24, 2.45) is 11.7 Å². The van der Waals surface area contributed by atoms with Crippen LogP contribution in [0.1, 0.15) is 42.7 Å². The minimum atomic E-state index is -0.0665. The molecule has 1 aliphatic heterocycles. The predicted octanol–water partition coefficient (Wildman–Crippen LogP) is 1.86. The van der Waals surface area contributed by atoms with Crippen molar-refractivity contribution < 1.29 is 4.79 Å². The summed E-state index contributed by atoms with van der Waals surface area (Å²) in [5.74, 6) is 0.594. The molecule has 94 valence electrons. The van der Waals surface area contributed by atoms with Gasteiger partial charge in [0.1, 0.15) is 10.7 Å². The minimum absolute atomic E-state index is 0.0373. The smallest absolute Gasteiger partial charge is 0.273 e. The van der Waals surface area contributed by atoms with Crippen LogP contribution in [0.5, 0.6) is 0 Å². The Hall–Kier alpha value is -0.940. The summed E-state index contributed by atoms with van der Waals surface area (Å²) in [4.78, 5) is 18.6. The Bertz CT molecular complexity index is 427. The van der Waals surface area contributed by atoms with E-state index in [9.17, 15) is 4.79 Å². The van der Waals surface area contributed by atoms with Gasteiger partial charge in [-0.3, -0.25) is 4.79 Å². The van der Waals surface area contributed by atoms with Crippen LogP contribution in [0.15, 0.2) is 5.38 Å². The fraction of sp³-hybridized carbons (Fsp3) is 0.667. The third kappa shape index (κ3) is 2.35. The molecule has 0 saturated carbocycles. The molecule has 4 nitrogen and oxygen atoms in total. The highest BCUT2D eigenvalue weighted by atomic mass is 32.1. The lowest BCUT2D eigenvalue weighted by atomic mass is 9.97. The summed E-state index contributed by atoms with van der Waals surface area (Å²) in [7, 11) is 0. The molecular weight excluding hydrogens is 234 g/mol. The average molecular weight is 253 g/mol. The number of likely N-dealkylation sites (tertiary alicyclic amines) is 1. The van der Waals surface area contributed by atoms with E-state index < -0.39 is 0 Å². The lowest BCUT2D eigenvalue weighted by Gasteiger charge is -2.30. The summed E-state index contributed by atoms with van der Waals surface area (Å²) in [5, 5.41) is 2.63. The van der Waals surface area contributed by atoms with Crippen LogP contribution < -0.4 is 5.73 Å². The Morgan fingerprint density at radius 3 is 2.88 bits per heavy atom. The maximum absolute atomic E-state index is 12.4. The number of rotatable bonds is 2. The standard InChI is InChI=1S/C12H19N3OS/c1-8-4-12(2,3)15(6-8)11(16)9-7-17-10(5-13)14-9/h7-8H,4-6,13H2,1-3H3. The van der Waals surface area contributed by atoms with E-state index in [0.717, 1.165) is 18.0 Å². The third-order valence-corrected chi connectivity index (χ3v) is 4.13. The van der Waals surface area contributed by atoms with Gasteiger partial charge >= 0.3 is 0 Å². The molecule has 1 atom stereocenters. The second kappa shape index (κ2) is 4.38. The maximum atomic E-state index is 12.4. The number of amides is 1. The first kappa shape index (κ1) is 12.5. The van der Waals surface area contributed by atoms with Crippen LogP contribution >= 0.6 is 11.3 Å². The molecule has 2 heterocycles. The van der Waals surface area contributed by atoms with Crippen LogP contribution in [0.2, 0.25) is 0 Å². The molecule has 1 unspecified atom stereocenters. The molecule has 1 aromatic heterocycles. The summed E-state index contributed by atoms with van der Waals surface area (Å²) < 4.78 is 0. The van der Waals surface area contributed by atoms with Crippen molar-refractivity contribution in [2.75, 3.05) is 6.54 Å². The largest absolute Gasteiger partial charge is 0.332 e. The number of nitrogens with two attached hydrogens (primary N) is 1. The number of hydrogen-bond donors (Lipinski definition) is 1. The normalized spacial score (nSPS) is 23.1. The molecule has 1 aliphatic rings. The lowest BCUT2D eigenvalue weighted by Crippen LogP contribution is -2.42. The molecule has 1 fully saturated rings. The van der Waals surface area contributed by atoms with E-state index in [2.05, 4.69) is 25.8 Å². The lowest BCUT2D eigenvalue weighted by molar-refractivity contribution is 0.0644. The number of thiazole rings is 1. The highest BCUT2D eigenvalue weighted by molar-refractivity contribution is 7.09. The molecule has 5 heteroatoms. The van der Waals surface area contributed by atoms with Crippen LogP contribution in [0, 0.1) is 5.92 Å². The molecule has 0 radical (unpaired) electrons. The summed E-state index contributed by atoms with van der Waals surface area (Å²) in [6.07, 6.45) is 1.05. The van der Waals surface area contributed by atoms with Gasteiger partial charge in [-0.1, -0.05) is 6.92 Å². The van der Waals surface area contributed by atoms with Crippen molar-refractivity contribution >= 4 is 17.2 Å². The molecule has 0 spiro atoms. The quantitative estimate of drug-likeness (QED) is 0.875. The molecular formula is C12H19N3OS. The van der Waals surface area contributed by atoms with Crippen LogP contribution in [-0.2, 0) is 6.54 Å². The van der Waals surface area contributed by atoms with E-state index in [1.54, 1.807) is 0 Å². The molecule has 17 heavy (non-hydrogen) atoms. The molecule has 1 aromatic rings. The second-order valence-corrected chi connectivity index (χ2v) is 6.31. The Kier molecular flexibility index (Phi) is 3.23. The Morgan fingerprint density at radius 1 is 1.71 bits per heavy atom. The zero-order valence-electron chi connectivity index (χ0n) is 10.6. The van der Waals surface area contributed by atoms with Gasteiger partial charge in [-0.2, -0.15) is 0 Å². The average Bonchev–Trinajstić information content (AvgIpc) is 2.81. The van der Waals surface area contributed by atoms with Gasteiger partial charge in [0.2, 0.25) is 0 Å². The number of hydrogen-bond acceptors (Lipinski definition) is 4. The van der Waals surface area contributed by atoms with Crippen molar-refractivity contribution in [1.82, 2.24) is 9.88 Å². The molecule has 0 aliphatic carbocycles. The SMILES string of the molecule is CC1CN(C(=O)c2csc(CN)n2)C(C)(C)C1. The third-order valence-electron chi connectivity index (χ3n) is 3.26. The van der Waals surface area contributed by atoms with Crippen molar-refractivity contribution in [2.45, 2.75) is 39.3 Å². The van der Waals surface area contributed by atoms with E-state index in [1.807, 2.05) is 10.3 Å². The summed E-state index contributed by atoms with van der Waals surface area (Å²) in [6.45, 7) is 7.63. The van der Waals surface area contributed by atoms with Gasteiger partial charge in [-0.15, -0.1) is 11.3 Å². The Labute approximate surface area is 106 Å². The minimum Gasteiger partial charge on any atom is -0.332 e. The van der Waals surface area contributed by atoms with Gasteiger partial charge < -0.3 is 10.6 Å². The first-order valence-corrected chi connectivity index (χ1v) is 6.78. The summed E-state index contributed by atoms with van der Waals surface area (Å²) >= 11 is 1.45. The predicted molar refractivity (Wildman–Crippen MR) is 68.9 cm³/mol. The van der Waals surface area contributed by atoms with Crippen molar-refractivity contribution in [3.05, 3.63) is 16.1 Å². The van der Waals surface area contributed by atoms with E-state index >= 15 is 0 Å². The zero-order valence-corrected chi connectivity index (χ0v) is 11.4. The zero-order chi connectivity index (χ0) is 12.6. The van der Waals surface area contributed by atoms with E-state index in [-0.39, 0.29) is 11.4 Å². The Morgan fingerprint density at radius 2 is 2.41 bits per heavy atom. The molecule has 1 saturated heterocycles. The molecule has 2 rings (SSSR count). The van der Waals surface area contributed by atoms with E-state index in [0.29, 0.717) is 18.2 Å². The fourth-order valence-corrected chi connectivity index (χ4v) is 3.23. The van der Waals surface area contributed by atoms with Crippen LogP contribution in [-0.4, -0.2) is 27.9 Å². The highest BCUT2D eigenvalue weighted by Crippen LogP contribution is 2.33. The Balaban J connectivity index is 2.20. The van der Waals surface area contributed by atoms with Crippen molar-refractivity contribution in [3.63, 3.8) is 0 Å². The van der Waals surface area contributed by atoms with Gasteiger partial charge in [-0.25, -0.2) is 4.98 Å². The number of carbonyl (C=O) groups is 1. The van der Waals surface area contributed by atoms with Crippen molar-refractivity contribution in [1.29, 1.82) is 0 Å². The summed E-state index contributed by atoms with van der Waals surface area (Å²) in [6, 6.07) is 0. The number of nitrogens with zero attached hydrogens (tertiary/aromatic N) is 2.